The Kier molecular flexibility index (Phi) is 3.59. The Morgan fingerprint density at radius 1 is 1.17 bits per heavy atom. The number of hydrogen-bond donors (Lipinski definition) is 1. The zero-order valence-corrected chi connectivity index (χ0v) is 13.4. The zero-order chi connectivity index (χ0) is 16.7. The Hall–Kier alpha value is -2.63. The molecule has 6 nitrogen and oxygen atoms in total. The third-order valence-electron chi connectivity index (χ3n) is 4.82. The number of fused-ring (bicyclic) bond motifs is 2. The molecule has 0 saturated carbocycles. The van der Waals surface area contributed by atoms with E-state index in [0.29, 0.717) is 19.5 Å². The highest BCUT2D eigenvalue weighted by atomic mass is 16.4. The first kappa shape index (κ1) is 14.9. The average molecular weight is 325 g/mol. The Morgan fingerprint density at radius 3 is 2.79 bits per heavy atom. The van der Waals surface area contributed by atoms with Crippen LogP contribution in [0.5, 0.6) is 0 Å². The lowest BCUT2D eigenvalue weighted by Crippen LogP contribution is -2.27. The molecule has 2 aliphatic rings. The Balaban J connectivity index is 1.46. The third-order valence-corrected chi connectivity index (χ3v) is 4.82. The molecule has 0 bridgehead atoms. The van der Waals surface area contributed by atoms with E-state index in [2.05, 4.69) is 9.55 Å². The van der Waals surface area contributed by atoms with Crippen LogP contribution in [0.25, 0.3) is 0 Å². The van der Waals surface area contributed by atoms with E-state index in [0.717, 1.165) is 42.0 Å². The molecule has 0 fully saturated rings. The van der Waals surface area contributed by atoms with E-state index < -0.39 is 5.97 Å². The van der Waals surface area contributed by atoms with Gasteiger partial charge in [-0.1, -0.05) is 6.07 Å². The van der Waals surface area contributed by atoms with Crippen LogP contribution in [0.15, 0.2) is 24.4 Å². The Bertz CT molecular complexity index is 801. The monoisotopic (exact) mass is 325 g/mol. The molecule has 0 saturated heterocycles. The number of carboxylic acids is 1. The van der Waals surface area contributed by atoms with Crippen molar-refractivity contribution in [2.75, 3.05) is 0 Å². The van der Waals surface area contributed by atoms with Crippen LogP contribution in [0, 0.1) is 0 Å². The Morgan fingerprint density at radius 2 is 2.00 bits per heavy atom. The normalized spacial score (nSPS) is 15.9. The molecule has 124 valence electrons. The maximum atomic E-state index is 12.6. The van der Waals surface area contributed by atoms with Gasteiger partial charge in [0.2, 0.25) is 5.91 Å². The van der Waals surface area contributed by atoms with Crippen LogP contribution < -0.4 is 0 Å². The molecular formula is C18H19N3O3. The van der Waals surface area contributed by atoms with Gasteiger partial charge in [0, 0.05) is 32.3 Å². The minimum Gasteiger partial charge on any atom is -0.478 e. The molecule has 0 aliphatic carbocycles. The SMILES string of the molecule is O=C(O)c1ccc2c(c1)CN(C(=O)Cc1cn3c(n1)CCCC3)C2. The Labute approximate surface area is 139 Å². The number of benzene rings is 1. The second kappa shape index (κ2) is 5.78. The van der Waals surface area contributed by atoms with Crippen LogP contribution in [-0.4, -0.2) is 31.4 Å². The van der Waals surface area contributed by atoms with Gasteiger partial charge < -0.3 is 14.6 Å². The van der Waals surface area contributed by atoms with Crippen molar-refractivity contribution in [1.29, 1.82) is 0 Å². The van der Waals surface area contributed by atoms with Gasteiger partial charge in [-0.15, -0.1) is 0 Å². The van der Waals surface area contributed by atoms with Crippen LogP contribution in [0.2, 0.25) is 0 Å². The summed E-state index contributed by atoms with van der Waals surface area (Å²) in [6.07, 6.45) is 5.63. The van der Waals surface area contributed by atoms with Gasteiger partial charge in [0.1, 0.15) is 5.82 Å². The van der Waals surface area contributed by atoms with Crippen molar-refractivity contribution in [2.45, 2.75) is 45.3 Å². The molecule has 1 amide bonds. The summed E-state index contributed by atoms with van der Waals surface area (Å²) in [4.78, 5) is 30.0. The van der Waals surface area contributed by atoms with Gasteiger partial charge >= 0.3 is 5.97 Å². The summed E-state index contributed by atoms with van der Waals surface area (Å²) in [6.45, 7) is 2.01. The highest BCUT2D eigenvalue weighted by Gasteiger charge is 2.25. The van der Waals surface area contributed by atoms with Crippen LogP contribution in [0.3, 0.4) is 0 Å². The highest BCUT2D eigenvalue weighted by molar-refractivity contribution is 5.88. The van der Waals surface area contributed by atoms with Gasteiger partial charge in [-0.3, -0.25) is 4.79 Å². The summed E-state index contributed by atoms with van der Waals surface area (Å²) in [5.74, 6) is 0.185. The van der Waals surface area contributed by atoms with Gasteiger partial charge in [0.25, 0.3) is 0 Å². The molecule has 2 aliphatic heterocycles. The molecule has 0 radical (unpaired) electrons. The lowest BCUT2D eigenvalue weighted by molar-refractivity contribution is -0.131. The number of aryl methyl sites for hydroxylation is 2. The number of aromatic carboxylic acids is 1. The lowest BCUT2D eigenvalue weighted by Gasteiger charge is -2.14. The number of imidazole rings is 1. The molecule has 0 spiro atoms. The minimum absolute atomic E-state index is 0.0403. The van der Waals surface area contributed by atoms with E-state index in [9.17, 15) is 9.59 Å². The second-order valence-corrected chi connectivity index (χ2v) is 6.51. The predicted molar refractivity (Wildman–Crippen MR) is 86.5 cm³/mol. The molecular weight excluding hydrogens is 306 g/mol. The number of rotatable bonds is 3. The zero-order valence-electron chi connectivity index (χ0n) is 13.4. The van der Waals surface area contributed by atoms with Crippen LogP contribution in [-0.2, 0) is 37.3 Å². The standard InChI is InChI=1S/C18H19N3O3/c22-17(8-15-11-20-6-2-1-3-16(20)19-15)21-9-13-5-4-12(18(23)24)7-14(13)10-21/h4-5,7,11H,1-3,6,8-10H2,(H,23,24). The van der Waals surface area contributed by atoms with Gasteiger partial charge in [-0.2, -0.15) is 0 Å². The van der Waals surface area contributed by atoms with Crippen molar-refractivity contribution in [3.8, 4) is 0 Å². The first-order valence-electron chi connectivity index (χ1n) is 8.28. The molecule has 1 N–H and O–H groups in total. The summed E-state index contributed by atoms with van der Waals surface area (Å²) in [7, 11) is 0. The fourth-order valence-corrected chi connectivity index (χ4v) is 3.53. The molecule has 2 aromatic rings. The molecule has 3 heterocycles. The second-order valence-electron chi connectivity index (χ2n) is 6.51. The number of carbonyl (C=O) groups is 2. The van der Waals surface area contributed by atoms with Crippen molar-refractivity contribution in [3.63, 3.8) is 0 Å². The van der Waals surface area contributed by atoms with E-state index >= 15 is 0 Å². The van der Waals surface area contributed by atoms with Crippen molar-refractivity contribution < 1.29 is 14.7 Å². The van der Waals surface area contributed by atoms with Crippen LogP contribution in [0.1, 0.15) is 45.8 Å². The lowest BCUT2D eigenvalue weighted by atomic mass is 10.1. The minimum atomic E-state index is -0.939. The van der Waals surface area contributed by atoms with E-state index in [1.807, 2.05) is 6.20 Å². The largest absolute Gasteiger partial charge is 0.478 e. The van der Waals surface area contributed by atoms with Gasteiger partial charge in [-0.25, -0.2) is 9.78 Å². The van der Waals surface area contributed by atoms with Gasteiger partial charge in [0.05, 0.1) is 17.7 Å². The summed E-state index contributed by atoms with van der Waals surface area (Å²) >= 11 is 0. The van der Waals surface area contributed by atoms with Crippen LogP contribution in [0.4, 0.5) is 0 Å². The third kappa shape index (κ3) is 2.68. The van der Waals surface area contributed by atoms with Crippen molar-refractivity contribution >= 4 is 11.9 Å². The molecule has 1 aromatic heterocycles. The summed E-state index contributed by atoms with van der Waals surface area (Å²) < 4.78 is 2.16. The van der Waals surface area contributed by atoms with E-state index in [-0.39, 0.29) is 11.5 Å². The summed E-state index contributed by atoms with van der Waals surface area (Å²) in [5.41, 5.74) is 3.05. The molecule has 0 atom stereocenters. The fourth-order valence-electron chi connectivity index (χ4n) is 3.53. The fraction of sp³-hybridized carbons (Fsp3) is 0.389. The van der Waals surface area contributed by atoms with Crippen molar-refractivity contribution in [3.05, 3.63) is 52.6 Å². The quantitative estimate of drug-likeness (QED) is 0.936. The summed E-state index contributed by atoms with van der Waals surface area (Å²) in [5, 5.41) is 9.08. The smallest absolute Gasteiger partial charge is 0.335 e. The molecule has 6 heteroatoms. The maximum Gasteiger partial charge on any atom is 0.335 e. The van der Waals surface area contributed by atoms with E-state index in [4.69, 9.17) is 5.11 Å². The highest BCUT2D eigenvalue weighted by Crippen LogP contribution is 2.25. The first-order chi connectivity index (χ1) is 11.6. The molecule has 4 rings (SSSR count). The number of aromatic nitrogens is 2. The number of amides is 1. The van der Waals surface area contributed by atoms with Crippen molar-refractivity contribution in [1.82, 2.24) is 14.5 Å². The molecule has 0 unspecified atom stereocenters. The van der Waals surface area contributed by atoms with Crippen LogP contribution >= 0.6 is 0 Å². The topological polar surface area (TPSA) is 75.4 Å². The van der Waals surface area contributed by atoms with E-state index in [1.54, 1.807) is 23.1 Å². The number of carbonyl (C=O) groups excluding carboxylic acids is 1. The number of carboxylic acid groups (broad SMARTS) is 1. The molecule has 24 heavy (non-hydrogen) atoms. The van der Waals surface area contributed by atoms with E-state index in [1.165, 1.54) is 6.42 Å². The predicted octanol–water partition coefficient (Wildman–Crippen LogP) is 2.00. The van der Waals surface area contributed by atoms with Crippen molar-refractivity contribution in [2.24, 2.45) is 0 Å². The summed E-state index contributed by atoms with van der Waals surface area (Å²) in [6, 6.07) is 5.07. The number of hydrogen-bond acceptors (Lipinski definition) is 3. The van der Waals surface area contributed by atoms with Gasteiger partial charge in [0.15, 0.2) is 0 Å². The van der Waals surface area contributed by atoms with Gasteiger partial charge in [-0.05, 0) is 36.1 Å². The average Bonchev–Trinajstić information content (AvgIpc) is 3.16. The maximum absolute atomic E-state index is 12.6. The molecule has 1 aromatic carbocycles. The number of nitrogens with zero attached hydrogens (tertiary/aromatic N) is 3. The first-order valence-corrected chi connectivity index (χ1v) is 8.28.